The van der Waals surface area contributed by atoms with E-state index in [4.69, 9.17) is 9.97 Å². The molecule has 238 valence electrons. The largest absolute Gasteiger partial charge is 0.227 e. The summed E-state index contributed by atoms with van der Waals surface area (Å²) >= 11 is 1.73. The van der Waals surface area contributed by atoms with Gasteiger partial charge >= 0.3 is 0 Å². The quantitative estimate of drug-likeness (QED) is 0.171. The van der Waals surface area contributed by atoms with Crippen LogP contribution in [0.1, 0.15) is 0 Å². The molecule has 2 heterocycles. The molecule has 0 radical (unpaired) electrons. The summed E-state index contributed by atoms with van der Waals surface area (Å²) in [6.45, 7) is 0. The number of rotatable bonds is 5. The molecule has 0 N–H and O–H groups in total. The molecular formula is C48H30N2S. The molecular weight excluding hydrogens is 637 g/mol. The Bertz CT molecular complexity index is 2920. The second-order valence-electron chi connectivity index (χ2n) is 13.0. The first-order valence-corrected chi connectivity index (χ1v) is 18.1. The fourth-order valence-electron chi connectivity index (χ4n) is 7.44. The summed E-state index contributed by atoms with van der Waals surface area (Å²) in [5.41, 5.74) is 10.1. The maximum Gasteiger partial charge on any atom is 0.161 e. The van der Waals surface area contributed by atoms with E-state index in [0.717, 1.165) is 44.0 Å². The Balaban J connectivity index is 1.11. The van der Waals surface area contributed by atoms with Crippen LogP contribution >= 0.6 is 11.3 Å². The number of hydrogen-bond donors (Lipinski definition) is 0. The first-order chi connectivity index (χ1) is 25.3. The first kappa shape index (κ1) is 29.5. The van der Waals surface area contributed by atoms with Crippen molar-refractivity contribution in [2.24, 2.45) is 0 Å². The topological polar surface area (TPSA) is 25.8 Å². The Morgan fingerprint density at radius 3 is 1.71 bits per heavy atom. The molecule has 2 nitrogen and oxygen atoms in total. The molecule has 0 saturated heterocycles. The Morgan fingerprint density at radius 1 is 0.353 bits per heavy atom. The van der Waals surface area contributed by atoms with Gasteiger partial charge < -0.3 is 0 Å². The van der Waals surface area contributed by atoms with E-state index in [1.54, 1.807) is 11.3 Å². The molecule has 10 rings (SSSR count). The number of thiophene rings is 1. The lowest BCUT2D eigenvalue weighted by Gasteiger charge is -2.13. The minimum atomic E-state index is 0.729. The molecule has 0 bridgehead atoms. The molecule has 0 unspecified atom stereocenters. The fourth-order valence-corrected chi connectivity index (χ4v) is 8.51. The first-order valence-electron chi connectivity index (χ1n) is 17.2. The van der Waals surface area contributed by atoms with Gasteiger partial charge in [0.25, 0.3) is 0 Å². The van der Waals surface area contributed by atoms with E-state index in [1.165, 1.54) is 53.9 Å². The van der Waals surface area contributed by atoms with Crippen molar-refractivity contribution >= 4 is 53.2 Å². The van der Waals surface area contributed by atoms with Crippen LogP contribution in [0.2, 0.25) is 0 Å². The summed E-state index contributed by atoms with van der Waals surface area (Å²) in [5.74, 6) is 0.729. The molecule has 0 aliphatic heterocycles. The minimum absolute atomic E-state index is 0.729. The van der Waals surface area contributed by atoms with Gasteiger partial charge in [-0.05, 0) is 85.3 Å². The lowest BCUT2D eigenvalue weighted by molar-refractivity contribution is 1.24. The van der Waals surface area contributed by atoms with E-state index >= 15 is 0 Å². The fraction of sp³-hybridized carbons (Fsp3) is 0. The number of benzene rings is 8. The zero-order valence-corrected chi connectivity index (χ0v) is 28.4. The van der Waals surface area contributed by atoms with Gasteiger partial charge in [-0.3, -0.25) is 0 Å². The maximum atomic E-state index is 5.36. The highest BCUT2D eigenvalue weighted by atomic mass is 32.1. The van der Waals surface area contributed by atoms with Crippen molar-refractivity contribution in [3.63, 3.8) is 0 Å². The van der Waals surface area contributed by atoms with Gasteiger partial charge in [0.1, 0.15) is 4.83 Å². The van der Waals surface area contributed by atoms with Gasteiger partial charge in [-0.2, -0.15) is 0 Å². The normalized spacial score (nSPS) is 11.5. The summed E-state index contributed by atoms with van der Waals surface area (Å²) < 4.78 is 1.21. The molecule has 51 heavy (non-hydrogen) atoms. The predicted molar refractivity (Wildman–Crippen MR) is 217 cm³/mol. The van der Waals surface area contributed by atoms with E-state index in [2.05, 4.69) is 182 Å². The SMILES string of the molecule is c1ccc(-c2cccc(-c3nc(-c4cccc(-c5cccc(-c6cc7ccccc7c7ccccc67)c5)c4)nc4sc5ccccc5c34)c2)cc1. The molecule has 0 aliphatic carbocycles. The van der Waals surface area contributed by atoms with Crippen molar-refractivity contribution in [2.45, 2.75) is 0 Å². The van der Waals surface area contributed by atoms with Gasteiger partial charge in [-0.15, -0.1) is 11.3 Å². The highest BCUT2D eigenvalue weighted by Gasteiger charge is 2.18. The second kappa shape index (κ2) is 12.2. The van der Waals surface area contributed by atoms with Gasteiger partial charge in [0.05, 0.1) is 5.69 Å². The highest BCUT2D eigenvalue weighted by molar-refractivity contribution is 7.25. The van der Waals surface area contributed by atoms with Crippen LogP contribution in [0, 0.1) is 0 Å². The van der Waals surface area contributed by atoms with E-state index in [-0.39, 0.29) is 0 Å². The number of nitrogens with zero attached hydrogens (tertiary/aromatic N) is 2. The molecule has 0 fully saturated rings. The van der Waals surface area contributed by atoms with Crippen molar-refractivity contribution in [1.29, 1.82) is 0 Å². The summed E-state index contributed by atoms with van der Waals surface area (Å²) in [7, 11) is 0. The molecule has 0 amide bonds. The van der Waals surface area contributed by atoms with Crippen LogP contribution in [0.25, 0.3) is 97.9 Å². The van der Waals surface area contributed by atoms with Crippen molar-refractivity contribution in [1.82, 2.24) is 9.97 Å². The van der Waals surface area contributed by atoms with Crippen molar-refractivity contribution in [3.8, 4) is 56.0 Å². The van der Waals surface area contributed by atoms with E-state index in [0.29, 0.717) is 0 Å². The third-order valence-electron chi connectivity index (χ3n) is 9.88. The van der Waals surface area contributed by atoms with Crippen LogP contribution < -0.4 is 0 Å². The van der Waals surface area contributed by atoms with Crippen molar-refractivity contribution in [3.05, 3.63) is 182 Å². The minimum Gasteiger partial charge on any atom is -0.227 e. The molecule has 8 aromatic carbocycles. The number of fused-ring (bicyclic) bond motifs is 6. The molecule has 0 aliphatic rings. The average molecular weight is 667 g/mol. The smallest absolute Gasteiger partial charge is 0.161 e. The third kappa shape index (κ3) is 5.18. The summed E-state index contributed by atoms with van der Waals surface area (Å²) in [6.07, 6.45) is 0. The summed E-state index contributed by atoms with van der Waals surface area (Å²) in [5, 5.41) is 7.36. The lowest BCUT2D eigenvalue weighted by atomic mass is 9.91. The standard InChI is InChI=1S/C48H30N2S/c1-2-13-31(14-3-1)32-16-11-20-37(28-32)46-45-42-25-8-9-26-44(42)51-48(45)50-47(49-46)38-21-12-18-34(29-38)33-17-10-19-35(27-33)43-30-36-15-4-5-22-39(36)40-23-6-7-24-41(40)43/h1-30H. The molecule has 0 spiro atoms. The zero-order valence-electron chi connectivity index (χ0n) is 27.6. The third-order valence-corrected chi connectivity index (χ3v) is 10.9. The van der Waals surface area contributed by atoms with Gasteiger partial charge in [0.15, 0.2) is 5.82 Å². The monoisotopic (exact) mass is 666 g/mol. The zero-order chi connectivity index (χ0) is 33.7. The van der Waals surface area contributed by atoms with Crippen LogP contribution in [0.15, 0.2) is 182 Å². The van der Waals surface area contributed by atoms with Crippen LogP contribution in [0.5, 0.6) is 0 Å². The van der Waals surface area contributed by atoms with E-state index in [9.17, 15) is 0 Å². The maximum absolute atomic E-state index is 5.36. The predicted octanol–water partition coefficient (Wildman–Crippen LogP) is 13.5. The lowest BCUT2D eigenvalue weighted by Crippen LogP contribution is -1.94. The van der Waals surface area contributed by atoms with Gasteiger partial charge in [-0.25, -0.2) is 9.97 Å². The molecule has 3 heteroatoms. The Hall–Kier alpha value is -6.42. The molecule has 2 aromatic heterocycles. The van der Waals surface area contributed by atoms with E-state index < -0.39 is 0 Å². The van der Waals surface area contributed by atoms with Crippen LogP contribution in [-0.4, -0.2) is 9.97 Å². The van der Waals surface area contributed by atoms with Crippen LogP contribution in [0.4, 0.5) is 0 Å². The van der Waals surface area contributed by atoms with E-state index in [1.807, 2.05) is 0 Å². The second-order valence-corrected chi connectivity index (χ2v) is 14.0. The summed E-state index contributed by atoms with van der Waals surface area (Å²) in [6, 6.07) is 65.1. The number of hydrogen-bond acceptors (Lipinski definition) is 3. The van der Waals surface area contributed by atoms with Crippen molar-refractivity contribution in [2.75, 3.05) is 0 Å². The van der Waals surface area contributed by atoms with Gasteiger partial charge in [0, 0.05) is 26.6 Å². The number of aromatic nitrogens is 2. The Labute approximate surface area is 300 Å². The molecule has 0 atom stereocenters. The molecule has 0 saturated carbocycles. The highest BCUT2D eigenvalue weighted by Crippen LogP contribution is 2.41. The van der Waals surface area contributed by atoms with Crippen LogP contribution in [-0.2, 0) is 0 Å². The Kier molecular flexibility index (Phi) is 7.04. The Morgan fingerprint density at radius 2 is 0.902 bits per heavy atom. The van der Waals surface area contributed by atoms with Gasteiger partial charge in [-0.1, -0.05) is 152 Å². The summed E-state index contributed by atoms with van der Waals surface area (Å²) in [4.78, 5) is 11.6. The average Bonchev–Trinajstić information content (AvgIpc) is 3.59. The van der Waals surface area contributed by atoms with Gasteiger partial charge in [0.2, 0.25) is 0 Å². The molecule has 10 aromatic rings. The van der Waals surface area contributed by atoms with Crippen molar-refractivity contribution < 1.29 is 0 Å². The van der Waals surface area contributed by atoms with Crippen LogP contribution in [0.3, 0.4) is 0 Å².